The summed E-state index contributed by atoms with van der Waals surface area (Å²) in [7, 11) is 1.84. The molecule has 0 amide bonds. The molecule has 0 unspecified atom stereocenters. The third kappa shape index (κ3) is 4.51. The second-order valence-corrected chi connectivity index (χ2v) is 6.04. The van der Waals surface area contributed by atoms with Crippen LogP contribution in [0.5, 0.6) is 5.75 Å². The molecule has 0 bridgehead atoms. The van der Waals surface area contributed by atoms with Gasteiger partial charge >= 0.3 is 0 Å². The Balaban J connectivity index is 1.68. The maximum absolute atomic E-state index is 6.02. The average Bonchev–Trinajstić information content (AvgIpc) is 2.88. The van der Waals surface area contributed by atoms with Crippen molar-refractivity contribution in [1.82, 2.24) is 10.2 Å². The first-order valence-corrected chi connectivity index (χ1v) is 7.84. The molecule has 1 N–H and O–H groups in total. The lowest BCUT2D eigenvalue weighted by Crippen LogP contribution is -1.98. The van der Waals surface area contributed by atoms with Crippen molar-refractivity contribution in [3.8, 4) is 5.75 Å². The SMILES string of the molecule is CNc1nnc(CCCCOc2ccc(Cl)cc2Cl)s1. The van der Waals surface area contributed by atoms with E-state index >= 15 is 0 Å². The van der Waals surface area contributed by atoms with Crippen molar-refractivity contribution in [2.24, 2.45) is 0 Å². The van der Waals surface area contributed by atoms with Gasteiger partial charge < -0.3 is 10.1 Å². The molecule has 1 aromatic heterocycles. The highest BCUT2D eigenvalue weighted by Crippen LogP contribution is 2.27. The van der Waals surface area contributed by atoms with Crippen molar-refractivity contribution in [2.75, 3.05) is 19.0 Å². The minimum atomic E-state index is 0.542. The van der Waals surface area contributed by atoms with E-state index in [4.69, 9.17) is 27.9 Å². The normalized spacial score (nSPS) is 10.6. The Bertz CT molecular complexity index is 562. The largest absolute Gasteiger partial charge is 0.492 e. The maximum atomic E-state index is 6.02. The number of halogens is 2. The molecule has 0 aliphatic heterocycles. The summed E-state index contributed by atoms with van der Waals surface area (Å²) < 4.78 is 5.62. The van der Waals surface area contributed by atoms with Gasteiger partial charge in [-0.25, -0.2) is 0 Å². The summed E-state index contributed by atoms with van der Waals surface area (Å²) in [6.07, 6.45) is 2.86. The molecule has 4 nitrogen and oxygen atoms in total. The van der Waals surface area contributed by atoms with Gasteiger partial charge in [0.1, 0.15) is 10.8 Å². The van der Waals surface area contributed by atoms with Crippen LogP contribution in [0.3, 0.4) is 0 Å². The Morgan fingerprint density at radius 1 is 1.25 bits per heavy atom. The highest BCUT2D eigenvalue weighted by Gasteiger charge is 2.04. The smallest absolute Gasteiger partial charge is 0.205 e. The molecule has 0 aliphatic carbocycles. The first-order valence-electron chi connectivity index (χ1n) is 6.27. The molecular formula is C13H15Cl2N3OS. The van der Waals surface area contributed by atoms with Crippen LogP contribution in [0.4, 0.5) is 5.13 Å². The van der Waals surface area contributed by atoms with Crippen LogP contribution >= 0.6 is 34.5 Å². The van der Waals surface area contributed by atoms with Crippen LogP contribution in [0.15, 0.2) is 18.2 Å². The molecule has 0 aliphatic rings. The van der Waals surface area contributed by atoms with Gasteiger partial charge in [0.05, 0.1) is 11.6 Å². The average molecular weight is 332 g/mol. The fraction of sp³-hybridized carbons (Fsp3) is 0.385. The summed E-state index contributed by atoms with van der Waals surface area (Å²) in [4.78, 5) is 0. The van der Waals surface area contributed by atoms with E-state index in [9.17, 15) is 0 Å². The molecule has 0 fully saturated rings. The molecule has 2 aromatic rings. The third-order valence-electron chi connectivity index (χ3n) is 2.62. The van der Waals surface area contributed by atoms with Crippen molar-refractivity contribution in [3.05, 3.63) is 33.3 Å². The molecule has 0 radical (unpaired) electrons. The quantitative estimate of drug-likeness (QED) is 0.769. The number of unbranched alkanes of at least 4 members (excludes halogenated alkanes) is 1. The van der Waals surface area contributed by atoms with E-state index in [2.05, 4.69) is 15.5 Å². The van der Waals surface area contributed by atoms with Gasteiger partial charge in [-0.05, 0) is 31.0 Å². The molecule has 0 spiro atoms. The van der Waals surface area contributed by atoms with E-state index < -0.39 is 0 Å². The van der Waals surface area contributed by atoms with E-state index in [-0.39, 0.29) is 0 Å². The predicted molar refractivity (Wildman–Crippen MR) is 84.4 cm³/mol. The summed E-state index contributed by atoms with van der Waals surface area (Å²) in [5, 5.41) is 14.1. The number of ether oxygens (including phenoxy) is 1. The minimum absolute atomic E-state index is 0.542. The Morgan fingerprint density at radius 2 is 2.10 bits per heavy atom. The first-order chi connectivity index (χ1) is 9.69. The number of hydrogen-bond donors (Lipinski definition) is 1. The van der Waals surface area contributed by atoms with Crippen molar-refractivity contribution in [2.45, 2.75) is 19.3 Å². The number of aryl methyl sites for hydroxylation is 1. The van der Waals surface area contributed by atoms with Crippen LogP contribution in [0.1, 0.15) is 17.8 Å². The third-order valence-corrected chi connectivity index (χ3v) is 4.15. The van der Waals surface area contributed by atoms with Gasteiger partial charge in [0.2, 0.25) is 5.13 Å². The lowest BCUT2D eigenvalue weighted by atomic mass is 10.2. The molecule has 0 atom stereocenters. The van der Waals surface area contributed by atoms with Gasteiger partial charge in [-0.15, -0.1) is 10.2 Å². The number of aromatic nitrogens is 2. The van der Waals surface area contributed by atoms with Gasteiger partial charge in [-0.1, -0.05) is 34.5 Å². The standard InChI is InChI=1S/C13H15Cl2N3OS/c1-16-13-18-17-12(20-13)4-2-3-7-19-11-6-5-9(14)8-10(11)15/h5-6,8H,2-4,7H2,1H3,(H,16,18). The van der Waals surface area contributed by atoms with Crippen molar-refractivity contribution < 1.29 is 4.74 Å². The van der Waals surface area contributed by atoms with Crippen LogP contribution in [-0.2, 0) is 6.42 Å². The minimum Gasteiger partial charge on any atom is -0.492 e. The molecule has 1 heterocycles. The van der Waals surface area contributed by atoms with Crippen molar-refractivity contribution in [3.63, 3.8) is 0 Å². The lowest BCUT2D eigenvalue weighted by Gasteiger charge is -2.07. The van der Waals surface area contributed by atoms with E-state index in [0.29, 0.717) is 22.4 Å². The lowest BCUT2D eigenvalue weighted by molar-refractivity contribution is 0.307. The number of benzene rings is 1. The van der Waals surface area contributed by atoms with Crippen molar-refractivity contribution in [1.29, 1.82) is 0 Å². The van der Waals surface area contributed by atoms with Gasteiger partial charge in [-0.3, -0.25) is 0 Å². The van der Waals surface area contributed by atoms with E-state index in [1.165, 1.54) is 0 Å². The molecule has 20 heavy (non-hydrogen) atoms. The Morgan fingerprint density at radius 3 is 2.80 bits per heavy atom. The second-order valence-electron chi connectivity index (χ2n) is 4.13. The summed E-state index contributed by atoms with van der Waals surface area (Å²) in [6, 6.07) is 5.23. The van der Waals surface area contributed by atoms with Crippen LogP contribution in [0.25, 0.3) is 0 Å². The molecule has 1 aromatic carbocycles. The van der Waals surface area contributed by atoms with Gasteiger partial charge in [-0.2, -0.15) is 0 Å². The number of hydrogen-bond acceptors (Lipinski definition) is 5. The van der Waals surface area contributed by atoms with E-state index in [0.717, 1.165) is 29.4 Å². The van der Waals surface area contributed by atoms with Crippen LogP contribution in [0.2, 0.25) is 10.0 Å². The molecule has 108 valence electrons. The summed E-state index contributed by atoms with van der Waals surface area (Å²) >= 11 is 13.4. The van der Waals surface area contributed by atoms with E-state index in [1.54, 1.807) is 29.5 Å². The van der Waals surface area contributed by atoms with E-state index in [1.807, 2.05) is 7.05 Å². The highest BCUT2D eigenvalue weighted by molar-refractivity contribution is 7.15. The molecule has 2 rings (SSSR count). The van der Waals surface area contributed by atoms with Crippen molar-refractivity contribution >= 4 is 39.7 Å². The second kappa shape index (κ2) is 7.67. The van der Waals surface area contributed by atoms with Crippen LogP contribution < -0.4 is 10.1 Å². The van der Waals surface area contributed by atoms with Crippen LogP contribution in [-0.4, -0.2) is 23.9 Å². The number of nitrogens with one attached hydrogen (secondary N) is 1. The molecular weight excluding hydrogens is 317 g/mol. The zero-order chi connectivity index (χ0) is 14.4. The number of rotatable bonds is 7. The first kappa shape index (κ1) is 15.4. The topological polar surface area (TPSA) is 47.0 Å². The zero-order valence-corrected chi connectivity index (χ0v) is 13.4. The summed E-state index contributed by atoms with van der Waals surface area (Å²) in [6.45, 7) is 0.624. The fourth-order valence-electron chi connectivity index (χ4n) is 1.61. The van der Waals surface area contributed by atoms with Crippen LogP contribution in [0, 0.1) is 0 Å². The molecule has 0 saturated carbocycles. The number of anilines is 1. The predicted octanol–water partition coefficient (Wildman–Crippen LogP) is 4.29. The zero-order valence-electron chi connectivity index (χ0n) is 11.0. The highest BCUT2D eigenvalue weighted by atomic mass is 35.5. The molecule has 7 heteroatoms. The van der Waals surface area contributed by atoms with Gasteiger partial charge in [0, 0.05) is 18.5 Å². The van der Waals surface area contributed by atoms with Gasteiger partial charge in [0.25, 0.3) is 0 Å². The Kier molecular flexibility index (Phi) is 5.88. The Hall–Kier alpha value is -1.04. The monoisotopic (exact) mass is 331 g/mol. The maximum Gasteiger partial charge on any atom is 0.205 e. The summed E-state index contributed by atoms with van der Waals surface area (Å²) in [5.74, 6) is 0.671. The Labute approximate surface area is 132 Å². The number of nitrogens with zero attached hydrogens (tertiary/aromatic N) is 2. The fourth-order valence-corrected chi connectivity index (χ4v) is 2.81. The van der Waals surface area contributed by atoms with Gasteiger partial charge in [0.15, 0.2) is 0 Å². The summed E-state index contributed by atoms with van der Waals surface area (Å²) in [5.41, 5.74) is 0. The molecule has 0 saturated heterocycles.